The van der Waals surface area contributed by atoms with Gasteiger partial charge in [-0.25, -0.2) is 17.5 Å². The number of piperazine rings is 1. The predicted molar refractivity (Wildman–Crippen MR) is 140 cm³/mol. The van der Waals surface area contributed by atoms with E-state index in [9.17, 15) is 25.8 Å². The maximum absolute atomic E-state index is 13.6. The van der Waals surface area contributed by atoms with Crippen LogP contribution in [-0.4, -0.2) is 86.4 Å². The SMILES string of the molecule is COc1cc(F)ccc1N1CCN(C[C@H](C)CNS(=O)(=O)c2ccc(N(C)C)cc2)C(NS(=O)(=O)O)C1. The van der Waals surface area contributed by atoms with Gasteiger partial charge in [0.05, 0.1) is 23.9 Å². The van der Waals surface area contributed by atoms with E-state index in [1.807, 2.05) is 35.7 Å². The minimum atomic E-state index is -4.53. The number of benzene rings is 2. The Balaban J connectivity index is 1.67. The molecule has 0 radical (unpaired) electrons. The summed E-state index contributed by atoms with van der Waals surface area (Å²) in [6, 6.07) is 10.6. The second-order valence-corrected chi connectivity index (χ2v) is 12.2. The van der Waals surface area contributed by atoms with E-state index in [4.69, 9.17) is 4.74 Å². The number of halogens is 1. The number of nitrogens with zero attached hydrogens (tertiary/aromatic N) is 3. The van der Waals surface area contributed by atoms with Crippen LogP contribution < -0.4 is 24.0 Å². The van der Waals surface area contributed by atoms with E-state index in [2.05, 4.69) is 9.44 Å². The third-order valence-electron chi connectivity index (χ3n) is 6.09. The van der Waals surface area contributed by atoms with Gasteiger partial charge in [-0.15, -0.1) is 0 Å². The summed E-state index contributed by atoms with van der Waals surface area (Å²) < 4.78 is 82.0. The molecule has 37 heavy (non-hydrogen) atoms. The molecular weight excluding hydrogens is 525 g/mol. The fourth-order valence-corrected chi connectivity index (χ4v) is 5.91. The van der Waals surface area contributed by atoms with Crippen LogP contribution in [0.1, 0.15) is 6.92 Å². The highest BCUT2D eigenvalue weighted by atomic mass is 32.2. The Kier molecular flexibility index (Phi) is 9.37. The fourth-order valence-electron chi connectivity index (χ4n) is 4.18. The Labute approximate surface area is 218 Å². The van der Waals surface area contributed by atoms with E-state index < -0.39 is 32.3 Å². The normalized spacial score (nSPS) is 18.0. The molecular formula is C23H34FN5O6S2. The van der Waals surface area contributed by atoms with E-state index >= 15 is 0 Å². The van der Waals surface area contributed by atoms with Crippen molar-refractivity contribution in [1.29, 1.82) is 0 Å². The van der Waals surface area contributed by atoms with Crippen LogP contribution in [0.5, 0.6) is 5.75 Å². The number of methoxy groups -OCH3 is 1. The maximum Gasteiger partial charge on any atom is 0.334 e. The fraction of sp³-hybridized carbons (Fsp3) is 0.478. The average Bonchev–Trinajstić information content (AvgIpc) is 2.83. The number of nitrogens with one attached hydrogen (secondary N) is 2. The van der Waals surface area contributed by atoms with Gasteiger partial charge in [0, 0.05) is 58.6 Å². The molecule has 1 unspecified atom stereocenters. The highest BCUT2D eigenvalue weighted by molar-refractivity contribution is 7.89. The van der Waals surface area contributed by atoms with Gasteiger partial charge in [0.15, 0.2) is 0 Å². The lowest BCUT2D eigenvalue weighted by atomic mass is 10.1. The molecule has 0 aliphatic carbocycles. The Hall–Kier alpha value is -2.49. The van der Waals surface area contributed by atoms with Crippen molar-refractivity contribution < 1.29 is 30.5 Å². The molecule has 0 bridgehead atoms. The van der Waals surface area contributed by atoms with Gasteiger partial charge in [0.25, 0.3) is 0 Å². The lowest BCUT2D eigenvalue weighted by molar-refractivity contribution is 0.143. The smallest absolute Gasteiger partial charge is 0.334 e. The molecule has 0 saturated carbocycles. The highest BCUT2D eigenvalue weighted by Gasteiger charge is 2.32. The van der Waals surface area contributed by atoms with Gasteiger partial charge in [-0.2, -0.15) is 13.1 Å². The molecule has 0 aromatic heterocycles. The first kappa shape index (κ1) is 29.1. The van der Waals surface area contributed by atoms with Crippen LogP contribution in [-0.2, 0) is 20.3 Å². The summed E-state index contributed by atoms with van der Waals surface area (Å²) in [6.45, 7) is 3.35. The summed E-state index contributed by atoms with van der Waals surface area (Å²) >= 11 is 0. The van der Waals surface area contributed by atoms with Crippen molar-refractivity contribution in [3.05, 3.63) is 48.3 Å². The van der Waals surface area contributed by atoms with Crippen LogP contribution >= 0.6 is 0 Å². The zero-order chi connectivity index (χ0) is 27.4. The minimum absolute atomic E-state index is 0.127. The number of ether oxygens (including phenoxy) is 1. The van der Waals surface area contributed by atoms with Crippen molar-refractivity contribution in [2.75, 3.05) is 63.7 Å². The molecule has 1 fully saturated rings. The van der Waals surface area contributed by atoms with Crippen molar-refractivity contribution in [3.63, 3.8) is 0 Å². The average molecular weight is 560 g/mol. The van der Waals surface area contributed by atoms with Crippen molar-refractivity contribution >= 4 is 31.7 Å². The zero-order valence-corrected chi connectivity index (χ0v) is 22.9. The van der Waals surface area contributed by atoms with Gasteiger partial charge in [0.1, 0.15) is 11.6 Å². The molecule has 14 heteroatoms. The van der Waals surface area contributed by atoms with Crippen LogP contribution in [0.25, 0.3) is 0 Å². The van der Waals surface area contributed by atoms with E-state index in [0.717, 1.165) is 5.69 Å². The molecule has 206 valence electrons. The summed E-state index contributed by atoms with van der Waals surface area (Å²) in [7, 11) is -3.11. The number of anilines is 2. The molecule has 2 aromatic rings. The van der Waals surface area contributed by atoms with E-state index in [-0.39, 0.29) is 23.9 Å². The van der Waals surface area contributed by atoms with Gasteiger partial charge in [-0.3, -0.25) is 9.45 Å². The second kappa shape index (κ2) is 11.9. The first-order valence-corrected chi connectivity index (χ1v) is 14.6. The van der Waals surface area contributed by atoms with Crippen LogP contribution in [0.2, 0.25) is 0 Å². The Morgan fingerprint density at radius 3 is 2.41 bits per heavy atom. The van der Waals surface area contributed by atoms with Gasteiger partial charge in [0.2, 0.25) is 10.0 Å². The molecule has 11 nitrogen and oxygen atoms in total. The Bertz CT molecular complexity index is 1280. The topological polar surface area (TPSA) is 132 Å². The lowest BCUT2D eigenvalue weighted by Gasteiger charge is -2.43. The van der Waals surface area contributed by atoms with Gasteiger partial charge in [-0.1, -0.05) is 6.92 Å². The first-order chi connectivity index (χ1) is 17.3. The van der Waals surface area contributed by atoms with Crippen LogP contribution in [0.15, 0.2) is 47.4 Å². The van der Waals surface area contributed by atoms with Crippen LogP contribution in [0.4, 0.5) is 15.8 Å². The summed E-state index contributed by atoms with van der Waals surface area (Å²) in [5, 5.41) is 0. The molecule has 1 saturated heterocycles. The molecule has 1 aliphatic rings. The zero-order valence-electron chi connectivity index (χ0n) is 21.3. The predicted octanol–water partition coefficient (Wildman–Crippen LogP) is 1.36. The van der Waals surface area contributed by atoms with Crippen LogP contribution in [0.3, 0.4) is 0 Å². The van der Waals surface area contributed by atoms with Crippen molar-refractivity contribution in [2.45, 2.75) is 18.0 Å². The van der Waals surface area contributed by atoms with Crippen molar-refractivity contribution in [1.82, 2.24) is 14.3 Å². The highest BCUT2D eigenvalue weighted by Crippen LogP contribution is 2.30. The summed E-state index contributed by atoms with van der Waals surface area (Å²) in [5.41, 5.74) is 1.47. The monoisotopic (exact) mass is 559 g/mol. The third-order valence-corrected chi connectivity index (χ3v) is 8.10. The standard InChI is InChI=1S/C23H34FN5O6S2/c1-17(14-25-36(30,31)20-8-6-19(7-9-20)27(2)3)15-29-12-11-28(16-23(29)26-37(32,33)34)21-10-5-18(24)13-22(21)35-4/h5-10,13,17,23,25-26H,11-12,14-16H2,1-4H3,(H,32,33,34)/t17-,23?/m1/s1. The summed E-state index contributed by atoms with van der Waals surface area (Å²) in [6.07, 6.45) is -0.809. The van der Waals surface area contributed by atoms with E-state index in [1.54, 1.807) is 18.2 Å². The Morgan fingerprint density at radius 2 is 1.81 bits per heavy atom. The molecule has 2 aromatic carbocycles. The van der Waals surface area contributed by atoms with Gasteiger partial charge in [-0.05, 0) is 42.3 Å². The Morgan fingerprint density at radius 1 is 1.14 bits per heavy atom. The van der Waals surface area contributed by atoms with Crippen molar-refractivity contribution in [2.24, 2.45) is 5.92 Å². The van der Waals surface area contributed by atoms with Crippen molar-refractivity contribution in [3.8, 4) is 5.75 Å². The molecule has 3 rings (SSSR count). The van der Waals surface area contributed by atoms with E-state index in [0.29, 0.717) is 31.1 Å². The van der Waals surface area contributed by atoms with E-state index in [1.165, 1.54) is 31.4 Å². The molecule has 2 atom stereocenters. The number of hydrogen-bond acceptors (Lipinski definition) is 8. The first-order valence-electron chi connectivity index (χ1n) is 11.6. The molecule has 3 N–H and O–H groups in total. The number of sulfonamides is 1. The molecule has 1 aliphatic heterocycles. The maximum atomic E-state index is 13.6. The third kappa shape index (κ3) is 7.99. The molecule has 0 spiro atoms. The van der Waals surface area contributed by atoms with Gasteiger partial charge >= 0.3 is 10.3 Å². The molecule has 0 amide bonds. The number of hydrogen-bond donors (Lipinski definition) is 3. The lowest BCUT2D eigenvalue weighted by Crippen LogP contribution is -2.61. The summed E-state index contributed by atoms with van der Waals surface area (Å²) in [4.78, 5) is 5.68. The largest absolute Gasteiger partial charge is 0.494 e. The van der Waals surface area contributed by atoms with Crippen LogP contribution in [0, 0.1) is 11.7 Å². The summed E-state index contributed by atoms with van der Waals surface area (Å²) in [5.74, 6) is -0.342. The minimum Gasteiger partial charge on any atom is -0.494 e. The van der Waals surface area contributed by atoms with Gasteiger partial charge < -0.3 is 14.5 Å². The second-order valence-electron chi connectivity index (χ2n) is 9.21. The number of rotatable bonds is 11. The molecule has 1 heterocycles. The quantitative estimate of drug-likeness (QED) is 0.349.